The number of ether oxygens (including phenoxy) is 1. The van der Waals surface area contributed by atoms with Gasteiger partial charge in [-0.25, -0.2) is 9.97 Å². The van der Waals surface area contributed by atoms with Crippen molar-refractivity contribution in [1.82, 2.24) is 9.97 Å². The van der Waals surface area contributed by atoms with Crippen LogP contribution in [-0.4, -0.2) is 17.1 Å². The largest absolute Gasteiger partial charge is 0.496 e. The molecule has 0 bridgehead atoms. The van der Waals surface area contributed by atoms with E-state index in [0.717, 1.165) is 33.2 Å². The van der Waals surface area contributed by atoms with Gasteiger partial charge in [0.25, 0.3) is 0 Å². The van der Waals surface area contributed by atoms with Crippen molar-refractivity contribution in [1.29, 1.82) is 0 Å². The zero-order valence-electron chi connectivity index (χ0n) is 12.7. The molecule has 0 unspecified atom stereocenters. The minimum Gasteiger partial charge on any atom is -0.496 e. The molecule has 1 aromatic carbocycles. The van der Waals surface area contributed by atoms with Gasteiger partial charge >= 0.3 is 6.18 Å². The summed E-state index contributed by atoms with van der Waals surface area (Å²) >= 11 is 0.938. The van der Waals surface area contributed by atoms with Crippen LogP contribution >= 0.6 is 11.3 Å². The standard InChI is InChI=1S/C16H13F3N2OS/c1-8-6-11(15-21-13(7-23-15)16(17,18)19)20-14-9(2)12(22-3)5-4-10(8)14/h4-7H,1-3H3. The van der Waals surface area contributed by atoms with Crippen molar-refractivity contribution in [2.75, 3.05) is 7.11 Å². The molecule has 0 saturated heterocycles. The number of hydrogen-bond acceptors (Lipinski definition) is 4. The smallest absolute Gasteiger partial charge is 0.434 e. The number of alkyl halides is 3. The monoisotopic (exact) mass is 338 g/mol. The number of halogens is 3. The lowest BCUT2D eigenvalue weighted by atomic mass is 10.0. The van der Waals surface area contributed by atoms with E-state index in [1.165, 1.54) is 0 Å². The van der Waals surface area contributed by atoms with Crippen LogP contribution in [0.2, 0.25) is 0 Å². The Hall–Kier alpha value is -2.15. The van der Waals surface area contributed by atoms with E-state index in [0.29, 0.717) is 17.0 Å². The summed E-state index contributed by atoms with van der Waals surface area (Å²) in [6.07, 6.45) is -4.44. The fourth-order valence-corrected chi connectivity index (χ4v) is 3.22. The Kier molecular flexibility index (Phi) is 3.75. The Labute approximate surface area is 134 Å². The van der Waals surface area contributed by atoms with Gasteiger partial charge in [0.15, 0.2) is 5.69 Å². The number of nitrogens with zero attached hydrogens (tertiary/aromatic N) is 2. The highest BCUT2D eigenvalue weighted by atomic mass is 32.1. The van der Waals surface area contributed by atoms with Crippen LogP contribution in [0.25, 0.3) is 21.6 Å². The molecular weight excluding hydrogens is 325 g/mol. The minimum absolute atomic E-state index is 0.254. The van der Waals surface area contributed by atoms with Gasteiger partial charge in [-0.05, 0) is 37.6 Å². The van der Waals surface area contributed by atoms with E-state index in [4.69, 9.17) is 4.74 Å². The van der Waals surface area contributed by atoms with E-state index < -0.39 is 11.9 Å². The molecule has 0 amide bonds. The molecule has 0 aliphatic heterocycles. The van der Waals surface area contributed by atoms with Crippen molar-refractivity contribution in [3.8, 4) is 16.5 Å². The quantitative estimate of drug-likeness (QED) is 0.659. The number of fused-ring (bicyclic) bond motifs is 1. The predicted octanol–water partition coefficient (Wildman–Crippen LogP) is 5.00. The molecule has 7 heteroatoms. The average Bonchev–Trinajstić information content (AvgIpc) is 2.98. The van der Waals surface area contributed by atoms with Crippen LogP contribution < -0.4 is 4.74 Å². The van der Waals surface area contributed by atoms with Crippen LogP contribution in [-0.2, 0) is 6.18 Å². The van der Waals surface area contributed by atoms with E-state index in [-0.39, 0.29) is 5.01 Å². The molecule has 0 atom stereocenters. The predicted molar refractivity (Wildman–Crippen MR) is 83.9 cm³/mol. The summed E-state index contributed by atoms with van der Waals surface area (Å²) in [6, 6.07) is 5.51. The third kappa shape index (κ3) is 2.76. The SMILES string of the molecule is COc1ccc2c(C)cc(-c3nc(C(F)(F)F)cs3)nc2c1C. The fourth-order valence-electron chi connectivity index (χ4n) is 2.43. The number of methoxy groups -OCH3 is 1. The minimum atomic E-state index is -4.44. The molecule has 3 aromatic rings. The van der Waals surface area contributed by atoms with E-state index in [1.54, 1.807) is 13.2 Å². The van der Waals surface area contributed by atoms with Gasteiger partial charge in [-0.15, -0.1) is 11.3 Å². The maximum Gasteiger partial charge on any atom is 0.434 e. The number of hydrogen-bond donors (Lipinski definition) is 0. The van der Waals surface area contributed by atoms with Gasteiger partial charge in [0.2, 0.25) is 0 Å². The molecule has 3 nitrogen and oxygen atoms in total. The summed E-state index contributed by atoms with van der Waals surface area (Å²) in [7, 11) is 1.57. The average molecular weight is 338 g/mol. The molecule has 2 aromatic heterocycles. The summed E-state index contributed by atoms with van der Waals surface area (Å²) in [5.41, 5.74) is 2.04. The van der Waals surface area contributed by atoms with E-state index in [9.17, 15) is 13.2 Å². The van der Waals surface area contributed by atoms with Gasteiger partial charge in [-0.1, -0.05) is 0 Å². The van der Waals surface area contributed by atoms with Gasteiger partial charge in [-0.3, -0.25) is 0 Å². The lowest BCUT2D eigenvalue weighted by Crippen LogP contribution is -2.05. The van der Waals surface area contributed by atoms with Crippen LogP contribution in [0.3, 0.4) is 0 Å². The van der Waals surface area contributed by atoms with Crippen molar-refractivity contribution in [3.63, 3.8) is 0 Å². The Bertz CT molecular complexity index is 887. The Morgan fingerprint density at radius 3 is 2.48 bits per heavy atom. The van der Waals surface area contributed by atoms with E-state index in [1.807, 2.05) is 26.0 Å². The van der Waals surface area contributed by atoms with Crippen molar-refractivity contribution in [2.24, 2.45) is 0 Å². The van der Waals surface area contributed by atoms with Gasteiger partial charge in [-0.2, -0.15) is 13.2 Å². The first-order chi connectivity index (χ1) is 10.8. The maximum absolute atomic E-state index is 12.7. The Balaban J connectivity index is 2.19. The molecule has 0 aliphatic carbocycles. The van der Waals surface area contributed by atoms with Crippen LogP contribution in [0.5, 0.6) is 5.75 Å². The summed E-state index contributed by atoms with van der Waals surface area (Å²) in [6.45, 7) is 3.78. The zero-order valence-corrected chi connectivity index (χ0v) is 13.5. The lowest BCUT2D eigenvalue weighted by molar-refractivity contribution is -0.140. The van der Waals surface area contributed by atoms with Crippen molar-refractivity contribution in [3.05, 3.63) is 40.4 Å². The van der Waals surface area contributed by atoms with Gasteiger partial charge in [0, 0.05) is 16.3 Å². The highest BCUT2D eigenvalue weighted by Gasteiger charge is 2.34. The molecule has 0 aliphatic rings. The first-order valence-electron chi connectivity index (χ1n) is 6.79. The fraction of sp³-hybridized carbons (Fsp3) is 0.250. The normalized spacial score (nSPS) is 11.9. The molecule has 120 valence electrons. The second-order valence-corrected chi connectivity index (χ2v) is 6.01. The highest BCUT2D eigenvalue weighted by molar-refractivity contribution is 7.13. The summed E-state index contributed by atoms with van der Waals surface area (Å²) in [5, 5.41) is 2.21. The van der Waals surface area contributed by atoms with Gasteiger partial charge < -0.3 is 4.74 Å². The number of pyridine rings is 1. The Morgan fingerprint density at radius 1 is 1.13 bits per heavy atom. The number of aryl methyl sites for hydroxylation is 2. The second kappa shape index (κ2) is 5.49. The first-order valence-corrected chi connectivity index (χ1v) is 7.67. The highest BCUT2D eigenvalue weighted by Crippen LogP contribution is 2.35. The molecule has 3 rings (SSSR count). The summed E-state index contributed by atoms with van der Waals surface area (Å²) in [5.74, 6) is 0.691. The number of benzene rings is 1. The molecule has 0 radical (unpaired) electrons. The third-order valence-corrected chi connectivity index (χ3v) is 4.49. The molecule has 0 spiro atoms. The molecular formula is C16H13F3N2OS. The molecule has 0 fully saturated rings. The molecule has 0 saturated carbocycles. The third-order valence-electron chi connectivity index (χ3n) is 3.63. The molecule has 23 heavy (non-hydrogen) atoms. The number of thiazole rings is 1. The van der Waals surface area contributed by atoms with Crippen molar-refractivity contribution < 1.29 is 17.9 Å². The van der Waals surface area contributed by atoms with Crippen LogP contribution in [0.1, 0.15) is 16.8 Å². The molecule has 2 heterocycles. The van der Waals surface area contributed by atoms with Crippen molar-refractivity contribution in [2.45, 2.75) is 20.0 Å². The van der Waals surface area contributed by atoms with E-state index in [2.05, 4.69) is 9.97 Å². The maximum atomic E-state index is 12.7. The van der Waals surface area contributed by atoms with Crippen LogP contribution in [0.4, 0.5) is 13.2 Å². The van der Waals surface area contributed by atoms with Crippen molar-refractivity contribution >= 4 is 22.2 Å². The van der Waals surface area contributed by atoms with Gasteiger partial charge in [0.1, 0.15) is 10.8 Å². The second-order valence-electron chi connectivity index (χ2n) is 5.15. The van der Waals surface area contributed by atoms with Gasteiger partial charge in [0.05, 0.1) is 18.3 Å². The summed E-state index contributed by atoms with van der Waals surface area (Å²) in [4.78, 5) is 8.18. The lowest BCUT2D eigenvalue weighted by Gasteiger charge is -2.10. The first kappa shape index (κ1) is 15.7. The van der Waals surface area contributed by atoms with Crippen LogP contribution in [0, 0.1) is 13.8 Å². The number of aromatic nitrogens is 2. The number of rotatable bonds is 2. The summed E-state index contributed by atoms with van der Waals surface area (Å²) < 4.78 is 43.4. The Morgan fingerprint density at radius 2 is 1.87 bits per heavy atom. The van der Waals surface area contributed by atoms with E-state index >= 15 is 0 Å². The zero-order chi connectivity index (χ0) is 16.8. The molecule has 0 N–H and O–H groups in total. The van der Waals surface area contributed by atoms with Crippen LogP contribution in [0.15, 0.2) is 23.6 Å². The topological polar surface area (TPSA) is 35.0 Å².